The van der Waals surface area contributed by atoms with Gasteiger partial charge in [0.05, 0.1) is 6.54 Å². The molecule has 2 heterocycles. The number of likely N-dealkylation sites (tertiary alicyclic amines) is 1. The molecule has 2 heteroatoms. The van der Waals surface area contributed by atoms with Gasteiger partial charge in [-0.3, -0.25) is 4.90 Å². The average molecular weight is 267 g/mol. The highest BCUT2D eigenvalue weighted by molar-refractivity contribution is 5.82. The van der Waals surface area contributed by atoms with Crippen molar-refractivity contribution < 1.29 is 4.42 Å². The quantitative estimate of drug-likeness (QED) is 0.758. The van der Waals surface area contributed by atoms with Gasteiger partial charge in [0.2, 0.25) is 0 Å². The molecule has 20 heavy (non-hydrogen) atoms. The molecule has 1 saturated heterocycles. The number of hydrogen-bond donors (Lipinski definition) is 0. The van der Waals surface area contributed by atoms with Gasteiger partial charge in [0.15, 0.2) is 0 Å². The van der Waals surface area contributed by atoms with Crippen LogP contribution in [0.3, 0.4) is 0 Å². The van der Waals surface area contributed by atoms with Crippen LogP contribution in [0.15, 0.2) is 22.6 Å². The first kappa shape index (κ1) is 13.3. The molecule has 0 amide bonds. The van der Waals surface area contributed by atoms with Crippen molar-refractivity contribution in [1.82, 2.24) is 4.90 Å². The number of terminal acetylenes is 1. The van der Waals surface area contributed by atoms with Gasteiger partial charge in [-0.05, 0) is 50.4 Å². The molecule has 0 N–H and O–H groups in total. The maximum Gasteiger partial charge on any atom is 0.134 e. The van der Waals surface area contributed by atoms with E-state index in [4.69, 9.17) is 10.8 Å². The minimum Gasteiger partial charge on any atom is -0.461 e. The first-order chi connectivity index (χ1) is 9.70. The zero-order valence-corrected chi connectivity index (χ0v) is 12.3. The van der Waals surface area contributed by atoms with Crippen LogP contribution in [0.4, 0.5) is 0 Å². The second-order valence-corrected chi connectivity index (χ2v) is 5.73. The molecule has 0 spiro atoms. The van der Waals surface area contributed by atoms with Crippen molar-refractivity contribution in [3.8, 4) is 12.3 Å². The topological polar surface area (TPSA) is 16.4 Å². The molecule has 2 aromatic rings. The van der Waals surface area contributed by atoms with E-state index >= 15 is 0 Å². The summed E-state index contributed by atoms with van der Waals surface area (Å²) in [5.41, 5.74) is 3.58. The summed E-state index contributed by atoms with van der Waals surface area (Å²) in [4.78, 5) is 2.41. The first-order valence-corrected chi connectivity index (χ1v) is 7.38. The Morgan fingerprint density at radius 1 is 1.35 bits per heavy atom. The zero-order valence-electron chi connectivity index (χ0n) is 12.3. The molecule has 104 valence electrons. The molecular weight excluding hydrogens is 246 g/mol. The van der Waals surface area contributed by atoms with E-state index in [1.54, 1.807) is 0 Å². The molecule has 0 aliphatic carbocycles. The Morgan fingerprint density at radius 3 is 3.00 bits per heavy atom. The Kier molecular flexibility index (Phi) is 3.54. The van der Waals surface area contributed by atoms with Crippen LogP contribution in [0.5, 0.6) is 0 Å². The summed E-state index contributed by atoms with van der Waals surface area (Å²) in [5.74, 6) is 3.81. The summed E-state index contributed by atoms with van der Waals surface area (Å²) in [6.45, 7) is 5.98. The van der Waals surface area contributed by atoms with E-state index < -0.39 is 0 Å². The van der Waals surface area contributed by atoms with E-state index in [0.717, 1.165) is 24.4 Å². The maximum absolute atomic E-state index is 5.87. The molecular formula is C18H21NO. The van der Waals surface area contributed by atoms with Gasteiger partial charge in [-0.2, -0.15) is 0 Å². The third kappa shape index (κ3) is 2.23. The summed E-state index contributed by atoms with van der Waals surface area (Å²) in [7, 11) is 0. The number of rotatable bonds is 2. The largest absolute Gasteiger partial charge is 0.461 e. The van der Waals surface area contributed by atoms with E-state index in [2.05, 4.69) is 35.9 Å². The molecule has 1 aromatic carbocycles. The van der Waals surface area contributed by atoms with Crippen LogP contribution in [0.25, 0.3) is 11.0 Å². The fourth-order valence-electron chi connectivity index (χ4n) is 3.25. The minimum atomic E-state index is 0.440. The summed E-state index contributed by atoms with van der Waals surface area (Å²) < 4.78 is 5.87. The van der Waals surface area contributed by atoms with Gasteiger partial charge in [0, 0.05) is 11.4 Å². The van der Waals surface area contributed by atoms with Crippen LogP contribution >= 0.6 is 0 Å². The Hall–Kier alpha value is -1.72. The van der Waals surface area contributed by atoms with E-state index in [1.165, 1.54) is 35.8 Å². The number of benzene rings is 1. The number of fused-ring (bicyclic) bond motifs is 1. The molecule has 1 fully saturated rings. The molecule has 1 aliphatic rings. The van der Waals surface area contributed by atoms with Gasteiger partial charge >= 0.3 is 0 Å². The van der Waals surface area contributed by atoms with Crippen LogP contribution < -0.4 is 0 Å². The average Bonchev–Trinajstić information content (AvgIpc) is 2.74. The Labute approximate surface area is 120 Å². The second kappa shape index (κ2) is 5.34. The third-order valence-corrected chi connectivity index (χ3v) is 4.49. The predicted molar refractivity (Wildman–Crippen MR) is 82.7 cm³/mol. The monoisotopic (exact) mass is 267 g/mol. The maximum atomic E-state index is 5.87. The number of aryl methyl sites for hydroxylation is 2. The standard InChI is InChI=1S/C18H21NO/c1-4-10-19-11-6-5-7-17(19)15-8-9-16-13(2)14(3)20-18(16)12-15/h1,8-9,12,17H,5-7,10-11H2,2-3H3. The lowest BCUT2D eigenvalue weighted by atomic mass is 9.94. The molecule has 1 atom stereocenters. The lowest BCUT2D eigenvalue weighted by molar-refractivity contribution is 0.169. The SMILES string of the molecule is C#CCN1CCCCC1c1ccc2c(C)c(C)oc2c1. The van der Waals surface area contributed by atoms with Gasteiger partial charge in [-0.1, -0.05) is 24.5 Å². The highest BCUT2D eigenvalue weighted by Crippen LogP contribution is 2.34. The fraction of sp³-hybridized carbons (Fsp3) is 0.444. The normalized spacial score (nSPS) is 20.1. The summed E-state index contributed by atoms with van der Waals surface area (Å²) in [6, 6.07) is 7.08. The van der Waals surface area contributed by atoms with Crippen molar-refractivity contribution in [2.45, 2.75) is 39.2 Å². The van der Waals surface area contributed by atoms with Crippen LogP contribution in [0.1, 0.15) is 42.2 Å². The van der Waals surface area contributed by atoms with E-state index in [-0.39, 0.29) is 0 Å². The lowest BCUT2D eigenvalue weighted by Crippen LogP contribution is -2.33. The summed E-state index contributed by atoms with van der Waals surface area (Å²) in [6.07, 6.45) is 9.22. The Bertz CT molecular complexity index is 662. The molecule has 1 unspecified atom stereocenters. The van der Waals surface area contributed by atoms with E-state index in [1.807, 2.05) is 6.92 Å². The molecule has 2 nitrogen and oxygen atoms in total. The number of nitrogens with zero attached hydrogens (tertiary/aromatic N) is 1. The number of piperidine rings is 1. The molecule has 0 bridgehead atoms. The van der Waals surface area contributed by atoms with Crippen molar-refractivity contribution in [2.24, 2.45) is 0 Å². The van der Waals surface area contributed by atoms with Crippen LogP contribution in [0, 0.1) is 26.2 Å². The van der Waals surface area contributed by atoms with Gasteiger partial charge in [0.1, 0.15) is 11.3 Å². The van der Waals surface area contributed by atoms with Crippen LogP contribution in [0.2, 0.25) is 0 Å². The molecule has 3 rings (SSSR count). The molecule has 0 saturated carbocycles. The second-order valence-electron chi connectivity index (χ2n) is 5.73. The zero-order chi connectivity index (χ0) is 14.1. The van der Waals surface area contributed by atoms with Crippen molar-refractivity contribution in [3.63, 3.8) is 0 Å². The van der Waals surface area contributed by atoms with Gasteiger partial charge in [-0.25, -0.2) is 0 Å². The van der Waals surface area contributed by atoms with Gasteiger partial charge in [-0.15, -0.1) is 6.42 Å². The van der Waals surface area contributed by atoms with E-state index in [9.17, 15) is 0 Å². The molecule has 1 aromatic heterocycles. The van der Waals surface area contributed by atoms with Crippen molar-refractivity contribution in [3.05, 3.63) is 35.1 Å². The summed E-state index contributed by atoms with van der Waals surface area (Å²) >= 11 is 0. The third-order valence-electron chi connectivity index (χ3n) is 4.49. The molecule has 1 aliphatic heterocycles. The lowest BCUT2D eigenvalue weighted by Gasteiger charge is -2.34. The van der Waals surface area contributed by atoms with Crippen molar-refractivity contribution >= 4 is 11.0 Å². The smallest absolute Gasteiger partial charge is 0.134 e. The number of furan rings is 1. The fourth-order valence-corrected chi connectivity index (χ4v) is 3.25. The highest BCUT2D eigenvalue weighted by atomic mass is 16.3. The Balaban J connectivity index is 1.98. The van der Waals surface area contributed by atoms with Crippen LogP contribution in [-0.4, -0.2) is 18.0 Å². The van der Waals surface area contributed by atoms with Gasteiger partial charge < -0.3 is 4.42 Å². The number of hydrogen-bond acceptors (Lipinski definition) is 2. The van der Waals surface area contributed by atoms with Crippen molar-refractivity contribution in [2.75, 3.05) is 13.1 Å². The summed E-state index contributed by atoms with van der Waals surface area (Å²) in [5, 5.41) is 1.23. The van der Waals surface area contributed by atoms with Gasteiger partial charge in [0.25, 0.3) is 0 Å². The predicted octanol–water partition coefficient (Wildman–Crippen LogP) is 4.21. The highest BCUT2D eigenvalue weighted by Gasteiger charge is 2.23. The Morgan fingerprint density at radius 2 is 2.20 bits per heavy atom. The van der Waals surface area contributed by atoms with E-state index in [0.29, 0.717) is 6.04 Å². The minimum absolute atomic E-state index is 0.440. The first-order valence-electron chi connectivity index (χ1n) is 7.38. The van der Waals surface area contributed by atoms with Crippen LogP contribution in [-0.2, 0) is 0 Å². The van der Waals surface area contributed by atoms with Crippen molar-refractivity contribution in [1.29, 1.82) is 0 Å². The molecule has 0 radical (unpaired) electrons.